The predicted molar refractivity (Wildman–Crippen MR) is 78.2 cm³/mol. The Bertz CT molecular complexity index is 624. The molecule has 0 aliphatic rings. The average Bonchev–Trinajstić information content (AvgIpc) is 2.84. The first-order chi connectivity index (χ1) is 10.1. The number of anilines is 1. The number of nitrogens with zero attached hydrogens (tertiary/aromatic N) is 4. The number of unbranched alkanes of at least 4 members (excludes halogenated alkanes) is 2. The van der Waals surface area contributed by atoms with Crippen LogP contribution < -0.4 is 11.1 Å². The molecule has 0 fully saturated rings. The number of aryl methyl sites for hydroxylation is 2. The van der Waals surface area contributed by atoms with Crippen LogP contribution in [0.1, 0.15) is 30.7 Å². The molecule has 0 atom stereocenters. The standard InChI is InChI=1S/C13H20N6O2/c1-9-17-11-10(6-4-3-5-7-21-12(14)20)8-16-19(11)13(15-2)18-9/h8H,3-7H2,1-2H3,(H2,14,20)(H,15,17,18). The summed E-state index contributed by atoms with van der Waals surface area (Å²) in [6, 6.07) is 0. The minimum absolute atomic E-state index is 0.370. The Morgan fingerprint density at radius 3 is 2.90 bits per heavy atom. The van der Waals surface area contributed by atoms with Crippen LogP contribution in [-0.4, -0.2) is 39.3 Å². The van der Waals surface area contributed by atoms with Crippen LogP contribution in [0, 0.1) is 6.92 Å². The van der Waals surface area contributed by atoms with Crippen molar-refractivity contribution in [3.8, 4) is 0 Å². The minimum atomic E-state index is -0.718. The normalized spacial score (nSPS) is 10.8. The molecule has 1 amide bonds. The molecule has 0 saturated carbocycles. The molecule has 0 unspecified atom stereocenters. The number of amides is 1. The highest BCUT2D eigenvalue weighted by atomic mass is 16.5. The van der Waals surface area contributed by atoms with Crippen molar-refractivity contribution >= 4 is 17.7 Å². The summed E-state index contributed by atoms with van der Waals surface area (Å²) in [5.41, 5.74) is 6.82. The van der Waals surface area contributed by atoms with E-state index in [2.05, 4.69) is 25.1 Å². The molecule has 2 aromatic heterocycles. The molecule has 2 rings (SSSR count). The number of hydrogen-bond donors (Lipinski definition) is 2. The maximum Gasteiger partial charge on any atom is 0.404 e. The molecule has 21 heavy (non-hydrogen) atoms. The van der Waals surface area contributed by atoms with Crippen LogP contribution in [-0.2, 0) is 11.2 Å². The molecule has 0 spiro atoms. The first-order valence-corrected chi connectivity index (χ1v) is 6.93. The van der Waals surface area contributed by atoms with Crippen LogP contribution in [0.15, 0.2) is 6.20 Å². The fourth-order valence-corrected chi connectivity index (χ4v) is 2.13. The van der Waals surface area contributed by atoms with Crippen LogP contribution in [0.4, 0.5) is 10.7 Å². The Kier molecular flexibility index (Phi) is 4.91. The van der Waals surface area contributed by atoms with Gasteiger partial charge in [0.25, 0.3) is 0 Å². The molecule has 0 bridgehead atoms. The van der Waals surface area contributed by atoms with Crippen molar-refractivity contribution in [1.82, 2.24) is 19.6 Å². The van der Waals surface area contributed by atoms with Crippen molar-refractivity contribution in [3.05, 3.63) is 17.6 Å². The zero-order valence-corrected chi connectivity index (χ0v) is 12.3. The lowest BCUT2D eigenvalue weighted by Gasteiger charge is -2.04. The van der Waals surface area contributed by atoms with Gasteiger partial charge in [-0.25, -0.2) is 9.78 Å². The molecular weight excluding hydrogens is 272 g/mol. The Balaban J connectivity index is 1.93. The highest BCUT2D eigenvalue weighted by Gasteiger charge is 2.10. The number of nitrogens with two attached hydrogens (primary N) is 1. The number of rotatable bonds is 7. The zero-order chi connectivity index (χ0) is 15.2. The molecule has 0 aromatic carbocycles. The molecule has 0 saturated heterocycles. The summed E-state index contributed by atoms with van der Waals surface area (Å²) < 4.78 is 6.40. The Morgan fingerprint density at radius 2 is 2.19 bits per heavy atom. The summed E-state index contributed by atoms with van der Waals surface area (Å²) in [4.78, 5) is 19.2. The topological polar surface area (TPSA) is 107 Å². The van der Waals surface area contributed by atoms with Gasteiger partial charge in [-0.05, 0) is 32.6 Å². The van der Waals surface area contributed by atoms with Crippen LogP contribution in [0.2, 0.25) is 0 Å². The summed E-state index contributed by atoms with van der Waals surface area (Å²) in [6.07, 6.45) is 4.71. The second-order valence-electron chi connectivity index (χ2n) is 4.73. The van der Waals surface area contributed by atoms with Crippen molar-refractivity contribution < 1.29 is 9.53 Å². The van der Waals surface area contributed by atoms with E-state index in [4.69, 9.17) is 5.73 Å². The Labute approximate surface area is 122 Å². The number of hydrogen-bond acceptors (Lipinski definition) is 6. The van der Waals surface area contributed by atoms with E-state index in [1.807, 2.05) is 13.1 Å². The summed E-state index contributed by atoms with van der Waals surface area (Å²) in [6.45, 7) is 2.23. The number of primary amides is 1. The molecule has 0 aliphatic heterocycles. The quantitative estimate of drug-likeness (QED) is 0.744. The highest BCUT2D eigenvalue weighted by molar-refractivity contribution is 5.64. The van der Waals surface area contributed by atoms with Gasteiger partial charge < -0.3 is 15.8 Å². The van der Waals surface area contributed by atoms with E-state index in [0.717, 1.165) is 36.9 Å². The van der Waals surface area contributed by atoms with E-state index in [-0.39, 0.29) is 0 Å². The highest BCUT2D eigenvalue weighted by Crippen LogP contribution is 2.15. The monoisotopic (exact) mass is 292 g/mol. The van der Waals surface area contributed by atoms with Gasteiger partial charge in [0.15, 0.2) is 5.65 Å². The van der Waals surface area contributed by atoms with Crippen LogP contribution >= 0.6 is 0 Å². The molecule has 114 valence electrons. The third-order valence-electron chi connectivity index (χ3n) is 3.11. The van der Waals surface area contributed by atoms with Gasteiger partial charge in [-0.3, -0.25) is 0 Å². The molecule has 0 aliphatic carbocycles. The van der Waals surface area contributed by atoms with Gasteiger partial charge in [-0.2, -0.15) is 14.6 Å². The molecule has 0 radical (unpaired) electrons. The number of ether oxygens (including phenoxy) is 1. The number of carbonyl (C=O) groups excluding carboxylic acids is 1. The average molecular weight is 292 g/mol. The molecule has 3 N–H and O–H groups in total. The molecular formula is C13H20N6O2. The van der Waals surface area contributed by atoms with E-state index in [1.165, 1.54) is 0 Å². The van der Waals surface area contributed by atoms with Gasteiger partial charge in [0, 0.05) is 12.6 Å². The van der Waals surface area contributed by atoms with E-state index in [0.29, 0.717) is 18.4 Å². The fourth-order valence-electron chi connectivity index (χ4n) is 2.13. The molecule has 8 nitrogen and oxygen atoms in total. The lowest BCUT2D eigenvalue weighted by atomic mass is 10.1. The lowest BCUT2D eigenvalue weighted by Crippen LogP contribution is -2.13. The van der Waals surface area contributed by atoms with Gasteiger partial charge in [0.1, 0.15) is 5.82 Å². The van der Waals surface area contributed by atoms with Crippen LogP contribution in [0.5, 0.6) is 0 Å². The first-order valence-electron chi connectivity index (χ1n) is 6.93. The zero-order valence-electron chi connectivity index (χ0n) is 12.3. The summed E-state index contributed by atoms with van der Waals surface area (Å²) >= 11 is 0. The largest absolute Gasteiger partial charge is 0.450 e. The van der Waals surface area contributed by atoms with Crippen molar-refractivity contribution in [3.63, 3.8) is 0 Å². The smallest absolute Gasteiger partial charge is 0.404 e. The maximum atomic E-state index is 10.4. The predicted octanol–water partition coefficient (Wildman–Crippen LogP) is 1.28. The molecule has 2 aromatic rings. The number of nitrogens with one attached hydrogen (secondary N) is 1. The van der Waals surface area contributed by atoms with E-state index in [9.17, 15) is 4.79 Å². The third kappa shape index (κ3) is 3.80. The first kappa shape index (κ1) is 15.0. The van der Waals surface area contributed by atoms with Gasteiger partial charge in [-0.1, -0.05) is 0 Å². The molecule has 2 heterocycles. The lowest BCUT2D eigenvalue weighted by molar-refractivity contribution is 0.154. The second-order valence-corrected chi connectivity index (χ2v) is 4.73. The minimum Gasteiger partial charge on any atom is -0.450 e. The van der Waals surface area contributed by atoms with Crippen molar-refractivity contribution in [1.29, 1.82) is 0 Å². The summed E-state index contributed by atoms with van der Waals surface area (Å²) in [7, 11) is 1.81. The summed E-state index contributed by atoms with van der Waals surface area (Å²) in [5, 5.41) is 7.32. The second kappa shape index (κ2) is 6.87. The Hall–Kier alpha value is -2.38. The van der Waals surface area contributed by atoms with E-state index < -0.39 is 6.09 Å². The van der Waals surface area contributed by atoms with E-state index in [1.54, 1.807) is 11.6 Å². The van der Waals surface area contributed by atoms with Gasteiger partial charge in [0.05, 0.1) is 12.8 Å². The van der Waals surface area contributed by atoms with Gasteiger partial charge in [-0.15, -0.1) is 0 Å². The number of carbonyl (C=O) groups is 1. The SMILES string of the molecule is CNc1nc(C)nc2c(CCCCCOC(N)=O)cnn12. The van der Waals surface area contributed by atoms with Gasteiger partial charge >= 0.3 is 6.09 Å². The third-order valence-corrected chi connectivity index (χ3v) is 3.11. The van der Waals surface area contributed by atoms with Crippen molar-refractivity contribution in [2.24, 2.45) is 5.73 Å². The number of aromatic nitrogens is 4. The van der Waals surface area contributed by atoms with Gasteiger partial charge in [0.2, 0.25) is 5.95 Å². The van der Waals surface area contributed by atoms with Crippen molar-refractivity contribution in [2.45, 2.75) is 32.6 Å². The summed E-state index contributed by atoms with van der Waals surface area (Å²) in [5.74, 6) is 1.39. The molecule has 8 heteroatoms. The van der Waals surface area contributed by atoms with Crippen LogP contribution in [0.3, 0.4) is 0 Å². The Morgan fingerprint density at radius 1 is 1.38 bits per heavy atom. The number of fused-ring (bicyclic) bond motifs is 1. The van der Waals surface area contributed by atoms with E-state index >= 15 is 0 Å². The fraction of sp³-hybridized carbons (Fsp3) is 0.538. The maximum absolute atomic E-state index is 10.4. The van der Waals surface area contributed by atoms with Crippen LogP contribution in [0.25, 0.3) is 5.65 Å². The van der Waals surface area contributed by atoms with Crippen molar-refractivity contribution in [2.75, 3.05) is 19.0 Å².